The minimum Gasteiger partial charge on any atom is -0.0961 e. The fourth-order valence-electron chi connectivity index (χ4n) is 1.05. The molecule has 0 aromatic rings. The van der Waals surface area contributed by atoms with Crippen LogP contribution in [0.15, 0.2) is 36.0 Å². The van der Waals surface area contributed by atoms with E-state index in [1.54, 1.807) is 0 Å². The summed E-state index contributed by atoms with van der Waals surface area (Å²) in [4.78, 5) is 0. The van der Waals surface area contributed by atoms with Crippen LogP contribution in [-0.2, 0) is 0 Å². The third kappa shape index (κ3) is 3.82. The molecule has 62 valence electrons. The molecule has 0 amide bonds. The summed E-state index contributed by atoms with van der Waals surface area (Å²) in [5, 5.41) is 0. The Morgan fingerprint density at radius 2 is 1.64 bits per heavy atom. The molecule has 0 nitrogen and oxygen atoms in total. The van der Waals surface area contributed by atoms with Crippen molar-refractivity contribution in [3.63, 3.8) is 0 Å². The average molecular weight is 150 g/mol. The Hall–Kier alpha value is -0.780. The fraction of sp³-hybridized carbons (Fsp3) is 0.455. The lowest BCUT2D eigenvalue weighted by molar-refractivity contribution is 0.777. The number of allylic oxidation sites excluding steroid dienone is 4. The standard InChI is InChI=1S/C11H18/c1-8(2)7-11(9(3)4)10(5)6/h7,10H,1,3H2,2,4-6H3/b11-7+. The van der Waals surface area contributed by atoms with Crippen LogP contribution in [0, 0.1) is 5.92 Å². The molecule has 0 heterocycles. The van der Waals surface area contributed by atoms with Crippen molar-refractivity contribution < 1.29 is 0 Å². The Labute approximate surface area is 70.3 Å². The van der Waals surface area contributed by atoms with E-state index in [4.69, 9.17) is 0 Å². The van der Waals surface area contributed by atoms with E-state index in [2.05, 4.69) is 33.1 Å². The summed E-state index contributed by atoms with van der Waals surface area (Å²) in [6.07, 6.45) is 2.10. The molecule has 0 saturated heterocycles. The summed E-state index contributed by atoms with van der Waals surface area (Å²) in [5.41, 5.74) is 3.54. The summed E-state index contributed by atoms with van der Waals surface area (Å²) in [6.45, 7) is 16.1. The first-order chi connectivity index (χ1) is 4.95. The van der Waals surface area contributed by atoms with E-state index >= 15 is 0 Å². The van der Waals surface area contributed by atoms with Crippen LogP contribution in [0.2, 0.25) is 0 Å². The summed E-state index contributed by atoms with van der Waals surface area (Å²) in [7, 11) is 0. The molecule has 0 aliphatic rings. The highest BCUT2D eigenvalue weighted by molar-refractivity contribution is 5.33. The minimum absolute atomic E-state index is 0.546. The maximum absolute atomic E-state index is 3.92. The lowest BCUT2D eigenvalue weighted by atomic mass is 9.95. The van der Waals surface area contributed by atoms with E-state index < -0.39 is 0 Å². The van der Waals surface area contributed by atoms with Gasteiger partial charge in [-0.1, -0.05) is 44.2 Å². The van der Waals surface area contributed by atoms with E-state index in [1.165, 1.54) is 5.57 Å². The molecule has 0 heteroatoms. The molecular weight excluding hydrogens is 132 g/mol. The van der Waals surface area contributed by atoms with E-state index in [-0.39, 0.29) is 0 Å². The van der Waals surface area contributed by atoms with Crippen molar-refractivity contribution in [1.29, 1.82) is 0 Å². The molecule has 0 radical (unpaired) electrons. The van der Waals surface area contributed by atoms with E-state index in [1.807, 2.05) is 13.8 Å². The summed E-state index contributed by atoms with van der Waals surface area (Å²) < 4.78 is 0. The third-order valence-corrected chi connectivity index (χ3v) is 1.52. The molecule has 0 atom stereocenters. The quantitative estimate of drug-likeness (QED) is 0.538. The molecule has 0 N–H and O–H groups in total. The third-order valence-electron chi connectivity index (χ3n) is 1.52. The van der Waals surface area contributed by atoms with Crippen molar-refractivity contribution in [2.24, 2.45) is 5.92 Å². The second kappa shape index (κ2) is 4.17. The average Bonchev–Trinajstić information content (AvgIpc) is 1.81. The first-order valence-corrected chi connectivity index (χ1v) is 3.98. The molecule has 0 aromatic heterocycles. The minimum atomic E-state index is 0.546. The van der Waals surface area contributed by atoms with Crippen LogP contribution in [0.5, 0.6) is 0 Å². The topological polar surface area (TPSA) is 0 Å². The van der Waals surface area contributed by atoms with Crippen molar-refractivity contribution in [2.75, 3.05) is 0 Å². The smallest absolute Gasteiger partial charge is 0.0216 e. The van der Waals surface area contributed by atoms with Crippen LogP contribution < -0.4 is 0 Å². The number of hydrogen-bond donors (Lipinski definition) is 0. The van der Waals surface area contributed by atoms with Gasteiger partial charge in [0, 0.05) is 0 Å². The van der Waals surface area contributed by atoms with Crippen LogP contribution in [0.3, 0.4) is 0 Å². The van der Waals surface area contributed by atoms with Gasteiger partial charge < -0.3 is 0 Å². The second-order valence-electron chi connectivity index (χ2n) is 3.38. The maximum atomic E-state index is 3.92. The van der Waals surface area contributed by atoms with E-state index in [0.29, 0.717) is 5.92 Å². The Morgan fingerprint density at radius 3 is 1.73 bits per heavy atom. The predicted molar refractivity (Wildman–Crippen MR) is 52.5 cm³/mol. The normalized spacial score (nSPS) is 11.9. The van der Waals surface area contributed by atoms with Gasteiger partial charge in [0.1, 0.15) is 0 Å². The molecule has 0 spiro atoms. The zero-order chi connectivity index (χ0) is 9.02. The molecule has 0 aromatic carbocycles. The van der Waals surface area contributed by atoms with E-state index in [9.17, 15) is 0 Å². The Balaban J connectivity index is 4.60. The summed E-state index contributed by atoms with van der Waals surface area (Å²) in [6, 6.07) is 0. The lowest BCUT2D eigenvalue weighted by Crippen LogP contribution is -1.94. The Bertz CT molecular complexity index is 192. The molecule has 0 fully saturated rings. The van der Waals surface area contributed by atoms with Gasteiger partial charge in [-0.15, -0.1) is 0 Å². The molecule has 0 aliphatic carbocycles. The monoisotopic (exact) mass is 150 g/mol. The van der Waals surface area contributed by atoms with Crippen molar-refractivity contribution in [3.8, 4) is 0 Å². The predicted octanol–water partition coefficient (Wildman–Crippen LogP) is 3.72. The van der Waals surface area contributed by atoms with Crippen molar-refractivity contribution in [3.05, 3.63) is 36.0 Å². The van der Waals surface area contributed by atoms with Crippen LogP contribution in [0.4, 0.5) is 0 Å². The fourth-order valence-corrected chi connectivity index (χ4v) is 1.05. The molecule has 0 aliphatic heterocycles. The molecule has 0 bridgehead atoms. The van der Waals surface area contributed by atoms with Gasteiger partial charge in [0.2, 0.25) is 0 Å². The van der Waals surface area contributed by atoms with Gasteiger partial charge in [0.05, 0.1) is 0 Å². The van der Waals surface area contributed by atoms with Gasteiger partial charge in [-0.3, -0.25) is 0 Å². The Kier molecular flexibility index (Phi) is 3.88. The van der Waals surface area contributed by atoms with Crippen LogP contribution in [-0.4, -0.2) is 0 Å². The van der Waals surface area contributed by atoms with Gasteiger partial charge in [-0.2, -0.15) is 0 Å². The van der Waals surface area contributed by atoms with Gasteiger partial charge >= 0.3 is 0 Å². The lowest BCUT2D eigenvalue weighted by Gasteiger charge is -2.10. The van der Waals surface area contributed by atoms with Gasteiger partial charge in [0.25, 0.3) is 0 Å². The maximum Gasteiger partial charge on any atom is -0.0216 e. The van der Waals surface area contributed by atoms with Crippen molar-refractivity contribution in [1.82, 2.24) is 0 Å². The van der Waals surface area contributed by atoms with Crippen molar-refractivity contribution in [2.45, 2.75) is 27.7 Å². The number of hydrogen-bond acceptors (Lipinski definition) is 0. The first kappa shape index (κ1) is 10.2. The zero-order valence-electron chi connectivity index (χ0n) is 8.07. The second-order valence-corrected chi connectivity index (χ2v) is 3.38. The van der Waals surface area contributed by atoms with Gasteiger partial charge in [0.15, 0.2) is 0 Å². The molecule has 0 rings (SSSR count). The van der Waals surface area contributed by atoms with Crippen LogP contribution in [0.25, 0.3) is 0 Å². The highest BCUT2D eigenvalue weighted by Crippen LogP contribution is 2.18. The zero-order valence-corrected chi connectivity index (χ0v) is 8.07. The number of rotatable bonds is 3. The summed E-state index contributed by atoms with van der Waals surface area (Å²) >= 11 is 0. The highest BCUT2D eigenvalue weighted by atomic mass is 14.1. The van der Waals surface area contributed by atoms with Crippen LogP contribution in [0.1, 0.15) is 27.7 Å². The molecule has 0 saturated carbocycles. The molecule has 0 unspecified atom stereocenters. The first-order valence-electron chi connectivity index (χ1n) is 3.98. The largest absolute Gasteiger partial charge is 0.0961 e. The summed E-state index contributed by atoms with van der Waals surface area (Å²) in [5.74, 6) is 0.546. The molecule has 11 heavy (non-hydrogen) atoms. The van der Waals surface area contributed by atoms with Gasteiger partial charge in [-0.05, 0) is 25.3 Å². The molecular formula is C11H18. The highest BCUT2D eigenvalue weighted by Gasteiger charge is 2.02. The van der Waals surface area contributed by atoms with Gasteiger partial charge in [-0.25, -0.2) is 0 Å². The van der Waals surface area contributed by atoms with E-state index in [0.717, 1.165) is 11.1 Å². The Morgan fingerprint density at radius 1 is 1.18 bits per heavy atom. The SMILES string of the molecule is C=C(C)/C=C(\C(=C)C)C(C)C. The van der Waals surface area contributed by atoms with Crippen LogP contribution >= 0.6 is 0 Å². The van der Waals surface area contributed by atoms with Crippen molar-refractivity contribution >= 4 is 0 Å².